The van der Waals surface area contributed by atoms with Gasteiger partial charge < -0.3 is 10.2 Å². The minimum atomic E-state index is -0.397. The maximum absolute atomic E-state index is 12.3. The lowest BCUT2D eigenvalue weighted by Crippen LogP contribution is -2.50. The number of carbonyl (C=O) groups is 1. The summed E-state index contributed by atoms with van der Waals surface area (Å²) in [6, 6.07) is 6.43. The second kappa shape index (κ2) is 6.47. The number of hydrogen-bond acceptors (Lipinski definition) is 4. The summed E-state index contributed by atoms with van der Waals surface area (Å²) in [5, 5.41) is 14.2. The molecule has 0 bridgehead atoms. The first-order chi connectivity index (χ1) is 9.63. The second-order valence-electron chi connectivity index (χ2n) is 4.90. The number of piperidine rings is 1. The number of rotatable bonds is 5. The Bertz CT molecular complexity index is 502. The molecule has 0 spiro atoms. The van der Waals surface area contributed by atoms with E-state index in [4.69, 9.17) is 0 Å². The Morgan fingerprint density at radius 1 is 1.45 bits per heavy atom. The molecule has 0 aliphatic carbocycles. The lowest BCUT2D eigenvalue weighted by Gasteiger charge is -2.32. The van der Waals surface area contributed by atoms with Gasteiger partial charge in [-0.1, -0.05) is 25.1 Å². The van der Waals surface area contributed by atoms with Gasteiger partial charge in [-0.3, -0.25) is 14.9 Å². The fraction of sp³-hybridized carbons (Fsp3) is 0.500. The molecule has 1 atom stereocenters. The summed E-state index contributed by atoms with van der Waals surface area (Å²) >= 11 is 0. The van der Waals surface area contributed by atoms with Gasteiger partial charge in [-0.15, -0.1) is 0 Å². The normalized spacial score (nSPS) is 19.1. The molecule has 1 saturated heterocycles. The van der Waals surface area contributed by atoms with Crippen LogP contribution in [0, 0.1) is 10.1 Å². The third-order valence-electron chi connectivity index (χ3n) is 3.53. The van der Waals surface area contributed by atoms with E-state index >= 15 is 0 Å². The Morgan fingerprint density at radius 2 is 2.20 bits per heavy atom. The van der Waals surface area contributed by atoms with Crippen LogP contribution in [0.1, 0.15) is 25.3 Å². The van der Waals surface area contributed by atoms with Crippen molar-refractivity contribution in [2.24, 2.45) is 0 Å². The zero-order valence-electron chi connectivity index (χ0n) is 11.5. The number of likely N-dealkylation sites (N-methyl/N-ethyl adjacent to an activating group) is 1. The van der Waals surface area contributed by atoms with Crippen LogP contribution in [-0.2, 0) is 11.3 Å². The molecule has 2 rings (SSSR count). The van der Waals surface area contributed by atoms with Crippen molar-refractivity contribution >= 4 is 11.6 Å². The molecule has 1 unspecified atom stereocenters. The fourth-order valence-corrected chi connectivity index (χ4v) is 2.56. The van der Waals surface area contributed by atoms with Gasteiger partial charge in [0.25, 0.3) is 5.69 Å². The number of likely N-dealkylation sites (tertiary alicyclic amines) is 1. The van der Waals surface area contributed by atoms with Gasteiger partial charge in [0.05, 0.1) is 17.5 Å². The van der Waals surface area contributed by atoms with Crippen LogP contribution in [0.2, 0.25) is 0 Å². The predicted octanol–water partition coefficient (Wildman–Crippen LogP) is 1.70. The van der Waals surface area contributed by atoms with E-state index in [2.05, 4.69) is 5.32 Å². The molecule has 1 aromatic rings. The lowest BCUT2D eigenvalue weighted by atomic mass is 10.0. The highest BCUT2D eigenvalue weighted by Gasteiger charge is 2.29. The summed E-state index contributed by atoms with van der Waals surface area (Å²) in [6.07, 6.45) is 1.75. The SMILES string of the molecule is CCNC1CCCN(Cc2ccccc2[N+](=O)[O-])C1=O. The van der Waals surface area contributed by atoms with Gasteiger partial charge in [0.2, 0.25) is 5.91 Å². The topological polar surface area (TPSA) is 75.5 Å². The minimum Gasteiger partial charge on any atom is -0.337 e. The molecule has 6 nitrogen and oxygen atoms in total. The quantitative estimate of drug-likeness (QED) is 0.656. The van der Waals surface area contributed by atoms with Crippen molar-refractivity contribution in [3.05, 3.63) is 39.9 Å². The molecule has 0 aromatic heterocycles. The average Bonchev–Trinajstić information content (AvgIpc) is 2.44. The Hall–Kier alpha value is -1.95. The lowest BCUT2D eigenvalue weighted by molar-refractivity contribution is -0.385. The van der Waals surface area contributed by atoms with Gasteiger partial charge >= 0.3 is 0 Å². The Kier molecular flexibility index (Phi) is 4.68. The van der Waals surface area contributed by atoms with Crippen molar-refractivity contribution in [3.8, 4) is 0 Å². The van der Waals surface area contributed by atoms with E-state index in [1.807, 2.05) is 6.92 Å². The van der Waals surface area contributed by atoms with Crippen LogP contribution < -0.4 is 5.32 Å². The molecule has 1 heterocycles. The van der Waals surface area contributed by atoms with Crippen LogP contribution in [0.15, 0.2) is 24.3 Å². The molecule has 1 amide bonds. The van der Waals surface area contributed by atoms with E-state index in [1.165, 1.54) is 6.07 Å². The zero-order valence-corrected chi connectivity index (χ0v) is 11.5. The van der Waals surface area contributed by atoms with E-state index in [0.29, 0.717) is 18.7 Å². The number of amides is 1. The zero-order chi connectivity index (χ0) is 14.5. The van der Waals surface area contributed by atoms with Crippen molar-refractivity contribution in [1.82, 2.24) is 10.2 Å². The van der Waals surface area contributed by atoms with Crippen molar-refractivity contribution in [2.75, 3.05) is 13.1 Å². The fourth-order valence-electron chi connectivity index (χ4n) is 2.56. The standard InChI is InChI=1S/C14H19N3O3/c1-2-15-12-7-5-9-16(14(12)18)10-11-6-3-4-8-13(11)17(19)20/h3-4,6,8,12,15H,2,5,7,9-10H2,1H3. The highest BCUT2D eigenvalue weighted by Crippen LogP contribution is 2.22. The minimum absolute atomic E-state index is 0.0382. The summed E-state index contributed by atoms with van der Waals surface area (Å²) in [5.41, 5.74) is 0.661. The van der Waals surface area contributed by atoms with Crippen molar-refractivity contribution in [1.29, 1.82) is 0 Å². The van der Waals surface area contributed by atoms with Gasteiger partial charge in [0, 0.05) is 18.2 Å². The van der Waals surface area contributed by atoms with E-state index in [1.54, 1.807) is 23.1 Å². The van der Waals surface area contributed by atoms with Crippen LogP contribution >= 0.6 is 0 Å². The molecule has 20 heavy (non-hydrogen) atoms. The summed E-state index contributed by atoms with van der Waals surface area (Å²) in [4.78, 5) is 24.6. The maximum atomic E-state index is 12.3. The van der Waals surface area contributed by atoms with E-state index < -0.39 is 4.92 Å². The van der Waals surface area contributed by atoms with Gasteiger partial charge in [-0.05, 0) is 19.4 Å². The van der Waals surface area contributed by atoms with Gasteiger partial charge in [-0.2, -0.15) is 0 Å². The Morgan fingerprint density at radius 3 is 2.90 bits per heavy atom. The number of nitrogens with one attached hydrogen (secondary N) is 1. The van der Waals surface area contributed by atoms with E-state index in [-0.39, 0.29) is 17.6 Å². The van der Waals surface area contributed by atoms with Crippen LogP contribution in [0.25, 0.3) is 0 Å². The maximum Gasteiger partial charge on any atom is 0.274 e. The summed E-state index contributed by atoms with van der Waals surface area (Å²) < 4.78 is 0. The Labute approximate surface area is 117 Å². The average molecular weight is 277 g/mol. The van der Waals surface area contributed by atoms with E-state index in [0.717, 1.165) is 19.4 Å². The smallest absolute Gasteiger partial charge is 0.274 e. The molecule has 1 N–H and O–H groups in total. The molecule has 1 fully saturated rings. The predicted molar refractivity (Wildman–Crippen MR) is 75.2 cm³/mol. The van der Waals surface area contributed by atoms with Gasteiger partial charge in [0.1, 0.15) is 0 Å². The largest absolute Gasteiger partial charge is 0.337 e. The van der Waals surface area contributed by atoms with Gasteiger partial charge in [0.15, 0.2) is 0 Å². The highest BCUT2D eigenvalue weighted by atomic mass is 16.6. The van der Waals surface area contributed by atoms with Crippen LogP contribution in [0.5, 0.6) is 0 Å². The Balaban J connectivity index is 2.13. The number of benzene rings is 1. The number of nitrogens with zero attached hydrogens (tertiary/aromatic N) is 2. The molecule has 0 saturated carbocycles. The highest BCUT2D eigenvalue weighted by molar-refractivity contribution is 5.82. The van der Waals surface area contributed by atoms with Crippen molar-refractivity contribution < 1.29 is 9.72 Å². The molecule has 1 aromatic carbocycles. The third-order valence-corrected chi connectivity index (χ3v) is 3.53. The second-order valence-corrected chi connectivity index (χ2v) is 4.90. The van der Waals surface area contributed by atoms with Crippen LogP contribution in [0.4, 0.5) is 5.69 Å². The molecule has 1 aliphatic rings. The van der Waals surface area contributed by atoms with Crippen molar-refractivity contribution in [3.63, 3.8) is 0 Å². The molecular formula is C14H19N3O3. The first kappa shape index (κ1) is 14.5. The monoisotopic (exact) mass is 277 g/mol. The number of nitro groups is 1. The number of para-hydroxylation sites is 1. The molecule has 1 aliphatic heterocycles. The molecule has 108 valence electrons. The summed E-state index contributed by atoms with van der Waals surface area (Å²) in [6.45, 7) is 3.68. The summed E-state index contributed by atoms with van der Waals surface area (Å²) in [7, 11) is 0. The molecule has 6 heteroatoms. The third kappa shape index (κ3) is 3.14. The number of hydrogen-bond donors (Lipinski definition) is 1. The van der Waals surface area contributed by atoms with Crippen molar-refractivity contribution in [2.45, 2.75) is 32.4 Å². The van der Waals surface area contributed by atoms with Gasteiger partial charge in [-0.25, -0.2) is 0 Å². The number of nitro benzene ring substituents is 1. The molecular weight excluding hydrogens is 258 g/mol. The first-order valence-corrected chi connectivity index (χ1v) is 6.88. The first-order valence-electron chi connectivity index (χ1n) is 6.88. The van der Waals surface area contributed by atoms with E-state index in [9.17, 15) is 14.9 Å². The molecule has 0 radical (unpaired) electrons. The van der Waals surface area contributed by atoms with Crippen LogP contribution in [-0.4, -0.2) is 34.9 Å². The van der Waals surface area contributed by atoms with Crippen LogP contribution in [0.3, 0.4) is 0 Å². The number of carbonyl (C=O) groups excluding carboxylic acids is 1. The summed E-state index contributed by atoms with van der Waals surface area (Å²) in [5.74, 6) is 0.0382.